The van der Waals surface area contributed by atoms with Crippen LogP contribution in [0, 0.1) is 0 Å². The van der Waals surface area contributed by atoms with Crippen LogP contribution in [0.15, 0.2) is 47.8 Å². The van der Waals surface area contributed by atoms with Crippen LogP contribution >= 0.6 is 46.1 Å². The molecule has 3 aromatic rings. The SMILES string of the molecule is O=C1CCCN(C(=O)c2ccc(NC(=O)c3c(Cl)cccc3Cl)cc2Cl)c2ccsc21. The third-order valence-corrected chi connectivity index (χ3v) is 6.75. The zero-order valence-corrected chi connectivity index (χ0v) is 19.0. The molecule has 0 aliphatic carbocycles. The minimum absolute atomic E-state index is 0.0442. The smallest absolute Gasteiger partial charge is 0.259 e. The second-order valence-electron chi connectivity index (χ2n) is 6.86. The Kier molecular flexibility index (Phi) is 6.34. The lowest BCUT2D eigenvalue weighted by Gasteiger charge is -2.21. The normalized spacial score (nSPS) is 13.5. The molecule has 1 aromatic heterocycles. The van der Waals surface area contributed by atoms with Crippen LogP contribution in [0.3, 0.4) is 0 Å². The Balaban J connectivity index is 1.58. The van der Waals surface area contributed by atoms with Gasteiger partial charge >= 0.3 is 0 Å². The van der Waals surface area contributed by atoms with E-state index in [2.05, 4.69) is 5.32 Å². The summed E-state index contributed by atoms with van der Waals surface area (Å²) < 4.78 is 0. The van der Waals surface area contributed by atoms with E-state index in [9.17, 15) is 14.4 Å². The zero-order valence-electron chi connectivity index (χ0n) is 16.0. The Morgan fingerprint density at radius 3 is 2.45 bits per heavy atom. The third kappa shape index (κ3) is 4.34. The summed E-state index contributed by atoms with van der Waals surface area (Å²) in [5, 5.41) is 5.13. The quantitative estimate of drug-likeness (QED) is 0.448. The molecule has 9 heteroatoms. The van der Waals surface area contributed by atoms with Crippen LogP contribution in [-0.2, 0) is 0 Å². The molecule has 0 unspecified atom stereocenters. The Bertz CT molecular complexity index is 1190. The number of hydrogen-bond donors (Lipinski definition) is 1. The van der Waals surface area contributed by atoms with Gasteiger partial charge in [0.2, 0.25) is 0 Å². The summed E-state index contributed by atoms with van der Waals surface area (Å²) in [6.07, 6.45) is 0.983. The van der Waals surface area contributed by atoms with Gasteiger partial charge in [0.05, 0.1) is 36.8 Å². The first-order valence-corrected chi connectivity index (χ1v) is 11.4. The van der Waals surface area contributed by atoms with Crippen LogP contribution in [0.4, 0.5) is 11.4 Å². The number of anilines is 2. The Morgan fingerprint density at radius 1 is 1.00 bits per heavy atom. The fraction of sp³-hybridized carbons (Fsp3) is 0.136. The molecule has 158 valence electrons. The van der Waals surface area contributed by atoms with Gasteiger partial charge in [-0.15, -0.1) is 11.3 Å². The standard InChI is InChI=1S/C22H15Cl3N2O3S/c23-14-3-1-4-15(24)19(14)21(29)26-12-6-7-13(16(25)11-12)22(30)27-9-2-5-18(28)20-17(27)8-10-31-20/h1,3-4,6-8,10-11H,2,5,9H2,(H,26,29). The topological polar surface area (TPSA) is 66.5 Å². The summed E-state index contributed by atoms with van der Waals surface area (Å²) in [6.45, 7) is 0.425. The number of rotatable bonds is 3. The Hall–Kier alpha value is -2.38. The maximum absolute atomic E-state index is 13.2. The molecule has 2 heterocycles. The monoisotopic (exact) mass is 492 g/mol. The Morgan fingerprint density at radius 2 is 1.74 bits per heavy atom. The Labute approximate surface area is 197 Å². The summed E-state index contributed by atoms with van der Waals surface area (Å²) in [6, 6.07) is 11.2. The second kappa shape index (κ2) is 9.01. The summed E-state index contributed by atoms with van der Waals surface area (Å²) in [7, 11) is 0. The summed E-state index contributed by atoms with van der Waals surface area (Å²) >= 11 is 19.9. The first-order valence-electron chi connectivity index (χ1n) is 9.34. The maximum Gasteiger partial charge on any atom is 0.259 e. The fourth-order valence-electron chi connectivity index (χ4n) is 3.39. The van der Waals surface area contributed by atoms with Crippen molar-refractivity contribution in [3.05, 3.63) is 78.9 Å². The number of fused-ring (bicyclic) bond motifs is 1. The molecule has 0 saturated carbocycles. The fourth-order valence-corrected chi connectivity index (χ4v) is 5.08. The van der Waals surface area contributed by atoms with E-state index in [0.29, 0.717) is 35.6 Å². The van der Waals surface area contributed by atoms with Crippen molar-refractivity contribution in [1.82, 2.24) is 0 Å². The van der Waals surface area contributed by atoms with Gasteiger partial charge in [0.25, 0.3) is 11.8 Å². The van der Waals surface area contributed by atoms with Gasteiger partial charge in [0.15, 0.2) is 5.78 Å². The molecule has 1 aliphatic rings. The highest BCUT2D eigenvalue weighted by Crippen LogP contribution is 2.33. The molecule has 31 heavy (non-hydrogen) atoms. The first-order chi connectivity index (χ1) is 14.9. The number of thiophene rings is 1. The molecule has 0 fully saturated rings. The molecule has 0 radical (unpaired) electrons. The molecule has 0 atom stereocenters. The van der Waals surface area contributed by atoms with Crippen molar-refractivity contribution in [3.8, 4) is 0 Å². The van der Waals surface area contributed by atoms with E-state index in [4.69, 9.17) is 34.8 Å². The summed E-state index contributed by atoms with van der Waals surface area (Å²) in [4.78, 5) is 40.2. The average Bonchev–Trinajstić information content (AvgIpc) is 3.14. The number of carbonyl (C=O) groups excluding carboxylic acids is 3. The van der Waals surface area contributed by atoms with E-state index in [1.807, 2.05) is 0 Å². The highest BCUT2D eigenvalue weighted by Gasteiger charge is 2.28. The number of nitrogens with zero attached hydrogens (tertiary/aromatic N) is 1. The lowest BCUT2D eigenvalue weighted by atomic mass is 10.1. The predicted octanol–water partition coefficient (Wildman–Crippen LogP) is 6.58. The molecule has 2 amide bonds. The van der Waals surface area contributed by atoms with Crippen LogP contribution in [0.1, 0.15) is 43.2 Å². The van der Waals surface area contributed by atoms with Gasteiger partial charge in [-0.25, -0.2) is 0 Å². The van der Waals surface area contributed by atoms with Crippen LogP contribution in [0.25, 0.3) is 0 Å². The number of benzene rings is 2. The molecule has 1 N–H and O–H groups in total. The van der Waals surface area contributed by atoms with Crippen molar-refractivity contribution in [1.29, 1.82) is 0 Å². The molecule has 2 aromatic carbocycles. The number of halogens is 3. The van der Waals surface area contributed by atoms with E-state index in [1.54, 1.807) is 46.7 Å². The lowest BCUT2D eigenvalue weighted by Crippen LogP contribution is -2.31. The minimum Gasteiger partial charge on any atom is -0.322 e. The maximum atomic E-state index is 13.2. The van der Waals surface area contributed by atoms with E-state index in [0.717, 1.165) is 0 Å². The van der Waals surface area contributed by atoms with Crippen molar-refractivity contribution in [2.45, 2.75) is 12.8 Å². The van der Waals surface area contributed by atoms with Gasteiger partial charge in [-0.2, -0.15) is 0 Å². The molecule has 0 bridgehead atoms. The van der Waals surface area contributed by atoms with Gasteiger partial charge in [-0.3, -0.25) is 14.4 Å². The third-order valence-electron chi connectivity index (χ3n) is 4.87. The number of carbonyl (C=O) groups is 3. The largest absolute Gasteiger partial charge is 0.322 e. The number of Topliss-reactive ketones (excluding diaryl/α,β-unsaturated/α-hetero) is 1. The van der Waals surface area contributed by atoms with E-state index >= 15 is 0 Å². The van der Waals surface area contributed by atoms with E-state index in [1.165, 1.54) is 17.4 Å². The highest BCUT2D eigenvalue weighted by atomic mass is 35.5. The molecule has 0 saturated heterocycles. The predicted molar refractivity (Wildman–Crippen MR) is 125 cm³/mol. The van der Waals surface area contributed by atoms with Crippen LogP contribution in [0.5, 0.6) is 0 Å². The number of ketones is 1. The molecular weight excluding hydrogens is 479 g/mol. The van der Waals surface area contributed by atoms with E-state index in [-0.39, 0.29) is 37.9 Å². The molecule has 0 spiro atoms. The number of amides is 2. The highest BCUT2D eigenvalue weighted by molar-refractivity contribution is 7.12. The van der Waals surface area contributed by atoms with Crippen LogP contribution < -0.4 is 10.2 Å². The molecular formula is C22H15Cl3N2O3S. The van der Waals surface area contributed by atoms with E-state index < -0.39 is 5.91 Å². The minimum atomic E-state index is -0.486. The zero-order chi connectivity index (χ0) is 22.1. The molecule has 1 aliphatic heterocycles. The van der Waals surface area contributed by atoms with Crippen LogP contribution in [0.2, 0.25) is 15.1 Å². The number of hydrogen-bond acceptors (Lipinski definition) is 4. The second-order valence-corrected chi connectivity index (χ2v) is 9.00. The van der Waals surface area contributed by atoms with Crippen molar-refractivity contribution < 1.29 is 14.4 Å². The van der Waals surface area contributed by atoms with Crippen molar-refractivity contribution in [2.24, 2.45) is 0 Å². The van der Waals surface area contributed by atoms with Crippen molar-refractivity contribution in [3.63, 3.8) is 0 Å². The van der Waals surface area contributed by atoms with Gasteiger partial charge < -0.3 is 10.2 Å². The van der Waals surface area contributed by atoms with Crippen LogP contribution in [-0.4, -0.2) is 24.1 Å². The van der Waals surface area contributed by atoms with Gasteiger partial charge in [-0.1, -0.05) is 40.9 Å². The van der Waals surface area contributed by atoms with Gasteiger partial charge in [-0.05, 0) is 48.2 Å². The molecule has 4 rings (SSSR count). The van der Waals surface area contributed by atoms with Gasteiger partial charge in [0, 0.05) is 18.7 Å². The van der Waals surface area contributed by atoms with Crippen molar-refractivity contribution in [2.75, 3.05) is 16.8 Å². The summed E-state index contributed by atoms with van der Waals surface area (Å²) in [5.41, 5.74) is 1.44. The average molecular weight is 494 g/mol. The number of nitrogens with one attached hydrogen (secondary N) is 1. The lowest BCUT2D eigenvalue weighted by molar-refractivity contribution is 0.0975. The van der Waals surface area contributed by atoms with Crippen molar-refractivity contribution >= 4 is 75.1 Å². The first kappa shape index (κ1) is 21.8. The van der Waals surface area contributed by atoms with Gasteiger partial charge in [0.1, 0.15) is 0 Å². The summed E-state index contributed by atoms with van der Waals surface area (Å²) in [5.74, 6) is -0.742. The molecule has 5 nitrogen and oxygen atoms in total.